The molecule has 6 rings (SSSR count). The summed E-state index contributed by atoms with van der Waals surface area (Å²) >= 11 is 0. The summed E-state index contributed by atoms with van der Waals surface area (Å²) in [5, 5.41) is 18.3. The standard InChI is InChI=1S/C27H23N5O4/c1-13-21(14(2)36-32-13)17-12-27(3)18(11-20(17)35-4)22-23(29-25(26(33)34)30-24(22)31-27)16-9-10-28-19-8-6-5-7-15(16)19/h5-11H,12H2,1-4H3,(H,33,34)(H,29,30,31). The molecule has 0 bridgehead atoms. The number of hydrogen-bond donors (Lipinski definition) is 2. The van der Waals surface area contributed by atoms with E-state index >= 15 is 0 Å². The van der Waals surface area contributed by atoms with Gasteiger partial charge in [0, 0.05) is 40.3 Å². The van der Waals surface area contributed by atoms with E-state index in [1.165, 1.54) is 0 Å². The van der Waals surface area contributed by atoms with Crippen LogP contribution in [0.1, 0.15) is 46.5 Å². The second-order valence-corrected chi connectivity index (χ2v) is 9.24. The van der Waals surface area contributed by atoms with Crippen molar-refractivity contribution in [2.75, 3.05) is 12.4 Å². The number of nitrogens with one attached hydrogen (secondary N) is 1. The highest BCUT2D eigenvalue weighted by Gasteiger charge is 2.45. The molecule has 0 amide bonds. The van der Waals surface area contributed by atoms with E-state index in [1.54, 1.807) is 13.3 Å². The molecule has 0 saturated heterocycles. The number of hydrogen-bond acceptors (Lipinski definition) is 8. The number of para-hydroxylation sites is 1. The topological polar surface area (TPSA) is 123 Å². The summed E-state index contributed by atoms with van der Waals surface area (Å²) in [4.78, 5) is 25.4. The molecule has 0 spiro atoms. The monoisotopic (exact) mass is 481 g/mol. The quantitative estimate of drug-likeness (QED) is 0.413. The van der Waals surface area contributed by atoms with Gasteiger partial charge < -0.3 is 19.7 Å². The van der Waals surface area contributed by atoms with E-state index in [2.05, 4.69) is 32.3 Å². The van der Waals surface area contributed by atoms with Crippen molar-refractivity contribution < 1.29 is 19.2 Å². The minimum absolute atomic E-state index is 0.272. The SMILES string of the molecule is COC1=C(c2c(C)noc2C)CC2(C)Nc3nc(C(=O)O)nc(-c4ccnc5ccccc45)c3C2=C1. The number of carboxylic acid groups (broad SMARTS) is 1. The van der Waals surface area contributed by atoms with E-state index in [-0.39, 0.29) is 5.82 Å². The largest absolute Gasteiger partial charge is 0.496 e. The number of carbonyl (C=O) groups is 1. The third kappa shape index (κ3) is 3.12. The number of aromatic carboxylic acids is 1. The molecule has 180 valence electrons. The van der Waals surface area contributed by atoms with Gasteiger partial charge in [0.2, 0.25) is 5.82 Å². The Hall–Kier alpha value is -4.53. The Labute approximate surface area is 206 Å². The van der Waals surface area contributed by atoms with Crippen LogP contribution in [0.4, 0.5) is 5.82 Å². The number of aromatic nitrogens is 4. The normalized spacial score (nSPS) is 18.5. The lowest BCUT2D eigenvalue weighted by molar-refractivity contribution is 0.0683. The summed E-state index contributed by atoms with van der Waals surface area (Å²) in [6.07, 6.45) is 4.25. The van der Waals surface area contributed by atoms with Gasteiger partial charge in [-0.2, -0.15) is 0 Å². The van der Waals surface area contributed by atoms with Gasteiger partial charge in [-0.3, -0.25) is 4.98 Å². The maximum absolute atomic E-state index is 12.0. The molecule has 0 fully saturated rings. The third-order valence-electron chi connectivity index (χ3n) is 6.92. The first-order chi connectivity index (χ1) is 17.3. The van der Waals surface area contributed by atoms with Crippen LogP contribution in [0.15, 0.2) is 52.9 Å². The molecule has 1 aliphatic heterocycles. The van der Waals surface area contributed by atoms with Crippen LogP contribution in [-0.2, 0) is 4.74 Å². The predicted octanol–water partition coefficient (Wildman–Crippen LogP) is 5.02. The highest BCUT2D eigenvalue weighted by molar-refractivity contribution is 6.04. The summed E-state index contributed by atoms with van der Waals surface area (Å²) in [5.41, 5.74) is 5.88. The molecular formula is C27H23N5O4. The van der Waals surface area contributed by atoms with Crippen molar-refractivity contribution in [1.82, 2.24) is 20.1 Å². The number of rotatable bonds is 4. The molecule has 0 radical (unpaired) electrons. The molecule has 1 atom stereocenters. The molecule has 9 nitrogen and oxygen atoms in total. The van der Waals surface area contributed by atoms with Crippen LogP contribution in [0.3, 0.4) is 0 Å². The predicted molar refractivity (Wildman–Crippen MR) is 134 cm³/mol. The molecule has 2 N–H and O–H groups in total. The summed E-state index contributed by atoms with van der Waals surface area (Å²) in [5.74, 6) is 0.415. The number of nitrogens with zero attached hydrogens (tertiary/aromatic N) is 4. The fraction of sp³-hybridized carbons (Fsp3) is 0.222. The van der Waals surface area contributed by atoms with Gasteiger partial charge in [0.15, 0.2) is 0 Å². The maximum atomic E-state index is 12.0. The zero-order valence-electron chi connectivity index (χ0n) is 20.2. The number of methoxy groups -OCH3 is 1. The van der Waals surface area contributed by atoms with Crippen molar-refractivity contribution in [3.8, 4) is 11.3 Å². The number of allylic oxidation sites excluding steroid dienone is 1. The number of anilines is 1. The fourth-order valence-corrected chi connectivity index (χ4v) is 5.34. The number of ether oxygens (including phenoxy) is 1. The third-order valence-corrected chi connectivity index (χ3v) is 6.92. The zero-order chi connectivity index (χ0) is 25.2. The van der Waals surface area contributed by atoms with E-state index in [9.17, 15) is 9.90 Å². The minimum Gasteiger partial charge on any atom is -0.496 e. The summed E-state index contributed by atoms with van der Waals surface area (Å²) in [6, 6.07) is 9.58. The van der Waals surface area contributed by atoms with Crippen molar-refractivity contribution in [2.24, 2.45) is 0 Å². The Morgan fingerprint density at radius 1 is 1.17 bits per heavy atom. The first-order valence-electron chi connectivity index (χ1n) is 11.5. The Morgan fingerprint density at radius 3 is 2.69 bits per heavy atom. The van der Waals surface area contributed by atoms with Crippen molar-refractivity contribution in [3.05, 3.63) is 76.8 Å². The van der Waals surface area contributed by atoms with Crippen LogP contribution in [-0.4, -0.2) is 43.8 Å². The number of pyridine rings is 1. The lowest BCUT2D eigenvalue weighted by Crippen LogP contribution is -2.34. The second-order valence-electron chi connectivity index (χ2n) is 9.24. The van der Waals surface area contributed by atoms with E-state index < -0.39 is 11.5 Å². The van der Waals surface area contributed by atoms with Gasteiger partial charge in [-0.05, 0) is 44.6 Å². The first kappa shape index (κ1) is 22.0. The molecule has 9 heteroatoms. The van der Waals surface area contributed by atoms with Gasteiger partial charge in [0.1, 0.15) is 17.3 Å². The molecule has 1 unspecified atom stereocenters. The number of carboxylic acids is 1. The van der Waals surface area contributed by atoms with Crippen LogP contribution in [0, 0.1) is 13.8 Å². The Morgan fingerprint density at radius 2 is 1.97 bits per heavy atom. The Kier molecular flexibility index (Phi) is 4.72. The van der Waals surface area contributed by atoms with Crippen molar-refractivity contribution in [1.29, 1.82) is 0 Å². The van der Waals surface area contributed by atoms with Gasteiger partial charge in [-0.25, -0.2) is 14.8 Å². The molecule has 3 aromatic heterocycles. The van der Waals surface area contributed by atoms with E-state index in [0.29, 0.717) is 29.5 Å². The van der Waals surface area contributed by atoms with Gasteiger partial charge in [0.25, 0.3) is 0 Å². The molecule has 0 saturated carbocycles. The lowest BCUT2D eigenvalue weighted by atomic mass is 9.77. The first-order valence-corrected chi connectivity index (χ1v) is 11.5. The van der Waals surface area contributed by atoms with Gasteiger partial charge in [-0.15, -0.1) is 0 Å². The van der Waals surface area contributed by atoms with Gasteiger partial charge in [-0.1, -0.05) is 23.4 Å². The van der Waals surface area contributed by atoms with Crippen LogP contribution in [0.25, 0.3) is 33.3 Å². The van der Waals surface area contributed by atoms with Crippen molar-refractivity contribution >= 4 is 33.8 Å². The average Bonchev–Trinajstić information content (AvgIpc) is 3.36. The second kappa shape index (κ2) is 7.74. The van der Waals surface area contributed by atoms with Crippen molar-refractivity contribution in [3.63, 3.8) is 0 Å². The van der Waals surface area contributed by atoms with Crippen LogP contribution in [0.2, 0.25) is 0 Å². The maximum Gasteiger partial charge on any atom is 0.374 e. The van der Waals surface area contributed by atoms with Gasteiger partial charge >= 0.3 is 5.97 Å². The molecule has 36 heavy (non-hydrogen) atoms. The highest BCUT2D eigenvalue weighted by Crippen LogP contribution is 2.53. The van der Waals surface area contributed by atoms with Crippen LogP contribution in [0.5, 0.6) is 0 Å². The molecule has 4 heterocycles. The summed E-state index contributed by atoms with van der Waals surface area (Å²) in [7, 11) is 1.64. The molecule has 2 aliphatic rings. The molecule has 1 aliphatic carbocycles. The Bertz CT molecular complexity index is 1630. The van der Waals surface area contributed by atoms with Gasteiger partial charge in [0.05, 0.1) is 29.6 Å². The smallest absolute Gasteiger partial charge is 0.374 e. The molecule has 4 aromatic rings. The molecular weight excluding hydrogens is 458 g/mol. The molecule has 1 aromatic carbocycles. The van der Waals surface area contributed by atoms with E-state index in [4.69, 9.17) is 9.26 Å². The summed E-state index contributed by atoms with van der Waals surface area (Å²) in [6.45, 7) is 5.85. The Balaban J connectivity index is 1.64. The van der Waals surface area contributed by atoms with Crippen LogP contribution < -0.4 is 5.32 Å². The zero-order valence-corrected chi connectivity index (χ0v) is 20.2. The fourth-order valence-electron chi connectivity index (χ4n) is 5.34. The van der Waals surface area contributed by atoms with E-state index in [0.717, 1.165) is 44.4 Å². The number of fused-ring (bicyclic) bond motifs is 4. The average molecular weight is 482 g/mol. The minimum atomic E-state index is -1.19. The highest BCUT2D eigenvalue weighted by atomic mass is 16.5. The number of benzene rings is 1. The lowest BCUT2D eigenvalue weighted by Gasteiger charge is -2.33. The van der Waals surface area contributed by atoms with E-state index in [1.807, 2.05) is 50.3 Å². The van der Waals surface area contributed by atoms with Crippen LogP contribution >= 0.6 is 0 Å². The van der Waals surface area contributed by atoms with Crippen molar-refractivity contribution in [2.45, 2.75) is 32.7 Å². The summed E-state index contributed by atoms with van der Waals surface area (Å²) < 4.78 is 11.3. The number of aryl methyl sites for hydroxylation is 2.